The van der Waals surface area contributed by atoms with E-state index < -0.39 is 16.2 Å². The lowest BCUT2D eigenvalue weighted by molar-refractivity contribution is -0.385. The molecule has 1 aromatic rings. The lowest BCUT2D eigenvalue weighted by atomic mass is 10.2. The molecule has 1 aromatic heterocycles. The minimum absolute atomic E-state index is 0.134. The molecule has 0 bridgehead atoms. The van der Waals surface area contributed by atoms with Gasteiger partial charge in [-0.05, 0) is 6.42 Å². The fourth-order valence-corrected chi connectivity index (χ4v) is 1.88. The van der Waals surface area contributed by atoms with E-state index in [0.717, 1.165) is 0 Å². The Balaban J connectivity index is 2.25. The van der Waals surface area contributed by atoms with E-state index in [4.69, 9.17) is 15.6 Å². The van der Waals surface area contributed by atoms with Crippen molar-refractivity contribution in [1.29, 1.82) is 0 Å². The number of anilines is 2. The van der Waals surface area contributed by atoms with Crippen molar-refractivity contribution in [2.75, 3.05) is 24.3 Å². The third kappa shape index (κ3) is 2.80. The Kier molecular flexibility index (Phi) is 3.62. The second-order valence-corrected chi connectivity index (χ2v) is 4.12. The summed E-state index contributed by atoms with van der Waals surface area (Å²) < 4.78 is 5.22. The predicted octanol–water partition coefficient (Wildman–Crippen LogP) is -1.18. The number of aliphatic hydroxyl groups is 1. The average Bonchev–Trinajstić information content (AvgIpc) is 2.75. The van der Waals surface area contributed by atoms with Gasteiger partial charge in [-0.3, -0.25) is 19.9 Å². The number of nitrogens with two attached hydrogens (primary N) is 1. The molecule has 2 heterocycles. The van der Waals surface area contributed by atoms with Crippen molar-refractivity contribution in [3.05, 3.63) is 20.5 Å². The average molecular weight is 271 g/mol. The lowest BCUT2D eigenvalue weighted by Gasteiger charge is -2.11. The van der Waals surface area contributed by atoms with Crippen LogP contribution in [-0.2, 0) is 4.74 Å². The van der Waals surface area contributed by atoms with Crippen LogP contribution in [-0.4, -0.2) is 45.4 Å². The van der Waals surface area contributed by atoms with Crippen molar-refractivity contribution in [2.24, 2.45) is 0 Å². The maximum Gasteiger partial charge on any atom is 0.375 e. The van der Waals surface area contributed by atoms with E-state index >= 15 is 0 Å². The summed E-state index contributed by atoms with van der Waals surface area (Å²) in [7, 11) is 0. The molecule has 0 radical (unpaired) electrons. The van der Waals surface area contributed by atoms with Gasteiger partial charge in [0.15, 0.2) is 0 Å². The molecule has 19 heavy (non-hydrogen) atoms. The molecule has 2 rings (SSSR count). The molecule has 104 valence electrons. The Labute approximate surface area is 106 Å². The molecular weight excluding hydrogens is 258 g/mol. The summed E-state index contributed by atoms with van der Waals surface area (Å²) >= 11 is 0. The molecule has 2 unspecified atom stereocenters. The topological polar surface area (TPSA) is 156 Å². The lowest BCUT2D eigenvalue weighted by Crippen LogP contribution is -2.25. The molecule has 1 aliphatic rings. The number of aromatic nitrogens is 2. The first-order valence-corrected chi connectivity index (χ1v) is 5.54. The number of nitrogens with one attached hydrogen (secondary N) is 2. The second kappa shape index (κ2) is 5.20. The summed E-state index contributed by atoms with van der Waals surface area (Å²) in [5.41, 5.74) is 3.74. The van der Waals surface area contributed by atoms with Gasteiger partial charge in [0.05, 0.1) is 30.3 Å². The number of aromatic amines is 1. The maximum absolute atomic E-state index is 11.5. The van der Waals surface area contributed by atoms with Gasteiger partial charge in [-0.1, -0.05) is 0 Å². The van der Waals surface area contributed by atoms with Gasteiger partial charge in [-0.2, -0.15) is 4.98 Å². The summed E-state index contributed by atoms with van der Waals surface area (Å²) in [5, 5.41) is 22.5. The number of hydrogen-bond donors (Lipinski definition) is 4. The number of nitrogens with zero attached hydrogens (tertiary/aromatic N) is 2. The van der Waals surface area contributed by atoms with Crippen LogP contribution in [0.1, 0.15) is 6.42 Å². The molecule has 1 saturated heterocycles. The number of aliphatic hydroxyl groups excluding tert-OH is 1. The van der Waals surface area contributed by atoms with E-state index in [9.17, 15) is 14.9 Å². The normalized spacial score (nSPS) is 22.4. The molecule has 0 amide bonds. The van der Waals surface area contributed by atoms with Crippen LogP contribution in [0.5, 0.6) is 0 Å². The molecule has 0 aromatic carbocycles. The van der Waals surface area contributed by atoms with Gasteiger partial charge in [0, 0.05) is 0 Å². The molecule has 10 nitrogen and oxygen atoms in total. The SMILES string of the molecule is Nc1nc(NC2COC(CO)C2)c([N+](=O)[O-])c(=O)[nH]1. The summed E-state index contributed by atoms with van der Waals surface area (Å²) in [4.78, 5) is 27.3. The molecule has 1 fully saturated rings. The molecular formula is C9H13N5O5. The minimum atomic E-state index is -0.919. The molecule has 2 atom stereocenters. The van der Waals surface area contributed by atoms with Gasteiger partial charge in [0.1, 0.15) is 0 Å². The Morgan fingerprint density at radius 1 is 1.68 bits per heavy atom. The van der Waals surface area contributed by atoms with Gasteiger partial charge in [-0.25, -0.2) is 0 Å². The fraction of sp³-hybridized carbons (Fsp3) is 0.556. The van der Waals surface area contributed by atoms with Crippen molar-refractivity contribution < 1.29 is 14.8 Å². The highest BCUT2D eigenvalue weighted by Crippen LogP contribution is 2.22. The number of ether oxygens (including phenoxy) is 1. The van der Waals surface area contributed by atoms with Crippen molar-refractivity contribution in [2.45, 2.75) is 18.6 Å². The van der Waals surface area contributed by atoms with Crippen LogP contribution in [0.3, 0.4) is 0 Å². The fourth-order valence-electron chi connectivity index (χ4n) is 1.88. The van der Waals surface area contributed by atoms with E-state index in [0.29, 0.717) is 6.42 Å². The largest absolute Gasteiger partial charge is 0.394 e. The predicted molar refractivity (Wildman–Crippen MR) is 64.8 cm³/mol. The number of nitrogen functional groups attached to an aromatic ring is 1. The molecule has 10 heteroatoms. The summed E-state index contributed by atoms with van der Waals surface area (Å²) in [6.45, 7) is 0.127. The van der Waals surface area contributed by atoms with E-state index in [2.05, 4.69) is 15.3 Å². The first-order chi connectivity index (χ1) is 9.01. The van der Waals surface area contributed by atoms with Gasteiger partial charge in [-0.15, -0.1) is 0 Å². The molecule has 1 aliphatic heterocycles. The van der Waals surface area contributed by atoms with Crippen LogP contribution >= 0.6 is 0 Å². The van der Waals surface area contributed by atoms with Crippen LogP contribution in [0, 0.1) is 10.1 Å². The van der Waals surface area contributed by atoms with E-state index in [-0.39, 0.29) is 37.1 Å². The van der Waals surface area contributed by atoms with Crippen molar-refractivity contribution in [3.8, 4) is 0 Å². The van der Waals surface area contributed by atoms with Crippen molar-refractivity contribution in [1.82, 2.24) is 9.97 Å². The van der Waals surface area contributed by atoms with Gasteiger partial charge >= 0.3 is 11.2 Å². The maximum atomic E-state index is 11.5. The first-order valence-electron chi connectivity index (χ1n) is 5.54. The van der Waals surface area contributed by atoms with E-state index in [1.807, 2.05) is 0 Å². The van der Waals surface area contributed by atoms with Gasteiger partial charge in [0.2, 0.25) is 11.8 Å². The van der Waals surface area contributed by atoms with Crippen molar-refractivity contribution in [3.63, 3.8) is 0 Å². The van der Waals surface area contributed by atoms with Gasteiger partial charge < -0.3 is 20.9 Å². The van der Waals surface area contributed by atoms with E-state index in [1.165, 1.54) is 0 Å². The minimum Gasteiger partial charge on any atom is -0.394 e. The molecule has 5 N–H and O–H groups in total. The molecule has 0 aliphatic carbocycles. The smallest absolute Gasteiger partial charge is 0.375 e. The van der Waals surface area contributed by atoms with E-state index in [1.54, 1.807) is 0 Å². The first kappa shape index (κ1) is 13.2. The van der Waals surface area contributed by atoms with Gasteiger partial charge in [0.25, 0.3) is 0 Å². The Bertz CT molecular complexity index is 544. The zero-order valence-electron chi connectivity index (χ0n) is 9.83. The van der Waals surface area contributed by atoms with Crippen LogP contribution in [0.4, 0.5) is 17.5 Å². The third-order valence-electron chi connectivity index (χ3n) is 2.72. The highest BCUT2D eigenvalue weighted by Gasteiger charge is 2.29. The number of nitro groups is 1. The standard InChI is InChI=1S/C9H13N5O5/c10-9-12-7(6(14(17)18)8(16)13-9)11-4-1-5(2-15)19-3-4/h4-5,15H,1-3H2,(H4,10,11,12,13,16). The Hall–Kier alpha value is -2.20. The number of rotatable bonds is 4. The highest BCUT2D eigenvalue weighted by molar-refractivity contribution is 5.56. The molecule has 0 spiro atoms. The zero-order chi connectivity index (χ0) is 14.0. The monoisotopic (exact) mass is 271 g/mol. The summed E-state index contributed by atoms with van der Waals surface area (Å²) in [5.74, 6) is -0.408. The summed E-state index contributed by atoms with van der Waals surface area (Å²) in [6.07, 6.45) is 0.137. The molecule has 0 saturated carbocycles. The highest BCUT2D eigenvalue weighted by atomic mass is 16.6. The van der Waals surface area contributed by atoms with Crippen LogP contribution in [0.15, 0.2) is 4.79 Å². The Morgan fingerprint density at radius 2 is 2.42 bits per heavy atom. The van der Waals surface area contributed by atoms with Crippen LogP contribution < -0.4 is 16.6 Å². The second-order valence-electron chi connectivity index (χ2n) is 4.12. The van der Waals surface area contributed by atoms with Crippen molar-refractivity contribution >= 4 is 17.5 Å². The van der Waals surface area contributed by atoms with Crippen LogP contribution in [0.2, 0.25) is 0 Å². The van der Waals surface area contributed by atoms with Crippen LogP contribution in [0.25, 0.3) is 0 Å². The quantitative estimate of drug-likeness (QED) is 0.393. The third-order valence-corrected chi connectivity index (χ3v) is 2.72. The zero-order valence-corrected chi connectivity index (χ0v) is 9.83. The number of hydrogen-bond acceptors (Lipinski definition) is 8. The summed E-state index contributed by atoms with van der Waals surface area (Å²) in [6, 6.07) is -0.274. The number of H-pyrrole nitrogens is 1. The Morgan fingerprint density at radius 3 is 3.00 bits per heavy atom.